The fraction of sp³-hybridized carbons (Fsp3) is 0.900. The molecule has 0 spiro atoms. The maximum atomic E-state index is 7.43. The summed E-state index contributed by atoms with van der Waals surface area (Å²) in [6.45, 7) is 7.62. The molecule has 1 fully saturated rings. The normalized spacial score (nSPS) is 26.6. The third-order valence-corrected chi connectivity index (χ3v) is 3.06. The van der Waals surface area contributed by atoms with Crippen LogP contribution in [0.2, 0.25) is 0 Å². The SMILES string of the molecule is CC(C)C1CCCN1C(C)C(=N)N. The Morgan fingerprint density at radius 3 is 2.54 bits per heavy atom. The summed E-state index contributed by atoms with van der Waals surface area (Å²) in [6, 6.07) is 0.744. The van der Waals surface area contributed by atoms with E-state index in [1.165, 1.54) is 12.8 Å². The zero-order chi connectivity index (χ0) is 10.0. The van der Waals surface area contributed by atoms with Crippen LogP contribution in [0, 0.1) is 11.3 Å². The first-order chi connectivity index (χ1) is 6.04. The third kappa shape index (κ3) is 2.21. The Morgan fingerprint density at radius 1 is 1.46 bits per heavy atom. The molecule has 76 valence electrons. The summed E-state index contributed by atoms with van der Waals surface area (Å²) in [4.78, 5) is 2.37. The van der Waals surface area contributed by atoms with Crippen LogP contribution in [0.3, 0.4) is 0 Å². The molecule has 13 heavy (non-hydrogen) atoms. The van der Waals surface area contributed by atoms with E-state index < -0.39 is 0 Å². The second-order valence-corrected chi connectivity index (χ2v) is 4.32. The highest BCUT2D eigenvalue weighted by molar-refractivity contribution is 5.82. The molecule has 1 saturated heterocycles. The Bertz CT molecular complexity index is 189. The van der Waals surface area contributed by atoms with Gasteiger partial charge in [0, 0.05) is 6.04 Å². The predicted octanol–water partition coefficient (Wildman–Crippen LogP) is 1.43. The van der Waals surface area contributed by atoms with E-state index >= 15 is 0 Å². The Morgan fingerprint density at radius 2 is 2.08 bits per heavy atom. The van der Waals surface area contributed by atoms with Crippen molar-refractivity contribution in [3.05, 3.63) is 0 Å². The van der Waals surface area contributed by atoms with E-state index in [0.717, 1.165) is 6.54 Å². The molecule has 3 N–H and O–H groups in total. The first-order valence-electron chi connectivity index (χ1n) is 5.13. The Kier molecular flexibility index (Phi) is 3.31. The predicted molar refractivity (Wildman–Crippen MR) is 55.9 cm³/mol. The van der Waals surface area contributed by atoms with Crippen LogP contribution < -0.4 is 5.73 Å². The van der Waals surface area contributed by atoms with Crippen molar-refractivity contribution in [3.8, 4) is 0 Å². The Labute approximate surface area is 80.8 Å². The van der Waals surface area contributed by atoms with Gasteiger partial charge in [0.2, 0.25) is 0 Å². The van der Waals surface area contributed by atoms with Gasteiger partial charge in [-0.3, -0.25) is 10.3 Å². The molecule has 1 heterocycles. The summed E-state index contributed by atoms with van der Waals surface area (Å²) in [5.41, 5.74) is 5.52. The van der Waals surface area contributed by atoms with Crippen LogP contribution in [0.4, 0.5) is 0 Å². The van der Waals surface area contributed by atoms with Gasteiger partial charge in [0.05, 0.1) is 6.04 Å². The summed E-state index contributed by atoms with van der Waals surface area (Å²) in [7, 11) is 0. The van der Waals surface area contributed by atoms with Gasteiger partial charge in [0.15, 0.2) is 0 Å². The van der Waals surface area contributed by atoms with Crippen molar-refractivity contribution in [3.63, 3.8) is 0 Å². The van der Waals surface area contributed by atoms with Gasteiger partial charge < -0.3 is 5.73 Å². The molecule has 0 aromatic heterocycles. The second kappa shape index (κ2) is 4.09. The quantitative estimate of drug-likeness (QED) is 0.514. The second-order valence-electron chi connectivity index (χ2n) is 4.32. The zero-order valence-electron chi connectivity index (χ0n) is 8.88. The van der Waals surface area contributed by atoms with Crippen LogP contribution in [0.25, 0.3) is 0 Å². The minimum atomic E-state index is 0.120. The van der Waals surface area contributed by atoms with Crippen molar-refractivity contribution >= 4 is 5.84 Å². The first kappa shape index (κ1) is 10.5. The van der Waals surface area contributed by atoms with Crippen LogP contribution in [-0.4, -0.2) is 29.4 Å². The van der Waals surface area contributed by atoms with Gasteiger partial charge in [-0.15, -0.1) is 0 Å². The lowest BCUT2D eigenvalue weighted by Gasteiger charge is -2.32. The molecule has 0 amide bonds. The van der Waals surface area contributed by atoms with Crippen molar-refractivity contribution in [1.82, 2.24) is 4.90 Å². The molecule has 0 radical (unpaired) electrons. The minimum absolute atomic E-state index is 0.120. The monoisotopic (exact) mass is 183 g/mol. The molecular weight excluding hydrogens is 162 g/mol. The number of likely N-dealkylation sites (tertiary alicyclic amines) is 1. The summed E-state index contributed by atoms with van der Waals surface area (Å²) < 4.78 is 0. The van der Waals surface area contributed by atoms with Gasteiger partial charge in [0.25, 0.3) is 0 Å². The molecular formula is C10H21N3. The average Bonchev–Trinajstić information content (AvgIpc) is 2.50. The minimum Gasteiger partial charge on any atom is -0.386 e. The highest BCUT2D eigenvalue weighted by Crippen LogP contribution is 2.25. The molecule has 0 aliphatic carbocycles. The van der Waals surface area contributed by atoms with Gasteiger partial charge in [0.1, 0.15) is 5.84 Å². The summed E-state index contributed by atoms with van der Waals surface area (Å²) in [5.74, 6) is 0.969. The molecule has 0 bridgehead atoms. The van der Waals surface area contributed by atoms with Crippen LogP contribution in [0.1, 0.15) is 33.6 Å². The summed E-state index contributed by atoms with van der Waals surface area (Å²) >= 11 is 0. The van der Waals surface area contributed by atoms with Gasteiger partial charge in [-0.25, -0.2) is 0 Å². The number of hydrogen-bond acceptors (Lipinski definition) is 2. The van der Waals surface area contributed by atoms with Crippen molar-refractivity contribution in [1.29, 1.82) is 5.41 Å². The number of rotatable bonds is 3. The topological polar surface area (TPSA) is 53.1 Å². The highest BCUT2D eigenvalue weighted by atomic mass is 15.2. The number of nitrogens with one attached hydrogen (secondary N) is 1. The van der Waals surface area contributed by atoms with E-state index in [9.17, 15) is 0 Å². The van der Waals surface area contributed by atoms with Crippen LogP contribution in [0.15, 0.2) is 0 Å². The van der Waals surface area contributed by atoms with E-state index in [1.807, 2.05) is 6.92 Å². The van der Waals surface area contributed by atoms with Crippen molar-refractivity contribution in [2.45, 2.75) is 45.7 Å². The van der Waals surface area contributed by atoms with Crippen LogP contribution >= 0.6 is 0 Å². The molecule has 3 heteroatoms. The molecule has 3 nitrogen and oxygen atoms in total. The van der Waals surface area contributed by atoms with Gasteiger partial charge in [-0.1, -0.05) is 13.8 Å². The van der Waals surface area contributed by atoms with E-state index in [1.54, 1.807) is 0 Å². The van der Waals surface area contributed by atoms with Gasteiger partial charge in [-0.05, 0) is 32.2 Å². The maximum Gasteiger partial charge on any atom is 0.108 e. The number of hydrogen-bond donors (Lipinski definition) is 2. The van der Waals surface area contributed by atoms with Crippen LogP contribution in [-0.2, 0) is 0 Å². The standard InChI is InChI=1S/C10H21N3/c1-7(2)9-5-4-6-13(9)8(3)10(11)12/h7-9H,4-6H2,1-3H3,(H3,11,12). The number of nitrogens with two attached hydrogens (primary N) is 1. The molecule has 2 unspecified atom stereocenters. The molecule has 1 aliphatic rings. The Balaban J connectivity index is 2.62. The van der Waals surface area contributed by atoms with E-state index in [-0.39, 0.29) is 6.04 Å². The maximum absolute atomic E-state index is 7.43. The lowest BCUT2D eigenvalue weighted by molar-refractivity contribution is 0.189. The van der Waals surface area contributed by atoms with E-state index in [2.05, 4.69) is 18.7 Å². The molecule has 0 aromatic carbocycles. The Hall–Kier alpha value is -0.570. The summed E-state index contributed by atoms with van der Waals surface area (Å²) in [5, 5.41) is 7.43. The third-order valence-electron chi connectivity index (χ3n) is 3.06. The number of amidine groups is 1. The van der Waals surface area contributed by atoms with Gasteiger partial charge in [-0.2, -0.15) is 0 Å². The zero-order valence-corrected chi connectivity index (χ0v) is 8.88. The average molecular weight is 183 g/mol. The number of nitrogens with zero attached hydrogens (tertiary/aromatic N) is 1. The van der Waals surface area contributed by atoms with E-state index in [0.29, 0.717) is 17.8 Å². The lowest BCUT2D eigenvalue weighted by Crippen LogP contribution is -2.46. The smallest absolute Gasteiger partial charge is 0.108 e. The lowest BCUT2D eigenvalue weighted by atomic mass is 10.0. The fourth-order valence-electron chi connectivity index (χ4n) is 2.19. The van der Waals surface area contributed by atoms with E-state index in [4.69, 9.17) is 11.1 Å². The molecule has 2 atom stereocenters. The molecule has 0 aromatic rings. The molecule has 1 rings (SSSR count). The largest absolute Gasteiger partial charge is 0.386 e. The van der Waals surface area contributed by atoms with Crippen LogP contribution in [0.5, 0.6) is 0 Å². The van der Waals surface area contributed by atoms with Crippen molar-refractivity contribution in [2.24, 2.45) is 11.7 Å². The molecule has 0 saturated carbocycles. The highest BCUT2D eigenvalue weighted by Gasteiger charge is 2.31. The van der Waals surface area contributed by atoms with Gasteiger partial charge >= 0.3 is 0 Å². The van der Waals surface area contributed by atoms with Crippen molar-refractivity contribution < 1.29 is 0 Å². The first-order valence-corrected chi connectivity index (χ1v) is 5.13. The molecule has 1 aliphatic heterocycles. The fourth-order valence-corrected chi connectivity index (χ4v) is 2.19. The van der Waals surface area contributed by atoms with Crippen molar-refractivity contribution in [2.75, 3.05) is 6.54 Å². The summed E-state index contributed by atoms with van der Waals surface area (Å²) in [6.07, 6.45) is 2.51.